The Labute approximate surface area is 102 Å². The van der Waals surface area contributed by atoms with Gasteiger partial charge in [0.15, 0.2) is 0 Å². The van der Waals surface area contributed by atoms with Crippen LogP contribution in [0.5, 0.6) is 0 Å². The molecular weight excluding hydrogens is 279 g/mol. The lowest BCUT2D eigenvalue weighted by Crippen LogP contribution is -1.98. The molecular formula is C11H10BrClO2. The molecule has 0 saturated carbocycles. The summed E-state index contributed by atoms with van der Waals surface area (Å²) in [5, 5.41) is 0.627. The Hall–Kier alpha value is -0.800. The van der Waals surface area contributed by atoms with Gasteiger partial charge in [0.2, 0.25) is 0 Å². The highest BCUT2D eigenvalue weighted by atomic mass is 79.9. The molecule has 0 heterocycles. The van der Waals surface area contributed by atoms with Gasteiger partial charge in [0.1, 0.15) is 0 Å². The second-order valence-electron chi connectivity index (χ2n) is 2.75. The van der Waals surface area contributed by atoms with E-state index in [9.17, 15) is 4.79 Å². The molecule has 0 fully saturated rings. The zero-order chi connectivity index (χ0) is 11.3. The third kappa shape index (κ3) is 4.06. The molecule has 0 radical (unpaired) electrons. The number of rotatable bonds is 3. The molecule has 4 heteroatoms. The smallest absolute Gasteiger partial charge is 0.330 e. The maximum Gasteiger partial charge on any atom is 0.330 e. The molecule has 1 rings (SSSR count). The second-order valence-corrected chi connectivity index (χ2v) is 4.04. The van der Waals surface area contributed by atoms with Crippen LogP contribution in [-0.4, -0.2) is 12.6 Å². The standard InChI is InChI=1S/C11H10BrClO2/c1-2-15-11(14)6-3-8-7-9(13)4-5-10(8)12/h3-7H,2H2,1H3/b6-3+. The molecule has 0 unspecified atom stereocenters. The number of carbonyl (C=O) groups is 1. The van der Waals surface area contributed by atoms with Gasteiger partial charge >= 0.3 is 5.97 Å². The Morgan fingerprint density at radius 1 is 1.60 bits per heavy atom. The van der Waals surface area contributed by atoms with E-state index in [1.807, 2.05) is 6.07 Å². The fourth-order valence-electron chi connectivity index (χ4n) is 0.991. The van der Waals surface area contributed by atoms with Gasteiger partial charge in [0.05, 0.1) is 6.61 Å². The highest BCUT2D eigenvalue weighted by molar-refractivity contribution is 9.10. The van der Waals surface area contributed by atoms with E-state index < -0.39 is 0 Å². The summed E-state index contributed by atoms with van der Waals surface area (Å²) in [6.07, 6.45) is 3.04. The maximum absolute atomic E-state index is 11.1. The van der Waals surface area contributed by atoms with Crippen molar-refractivity contribution in [3.8, 4) is 0 Å². The Morgan fingerprint density at radius 3 is 3.00 bits per heavy atom. The molecule has 0 amide bonds. The Morgan fingerprint density at radius 2 is 2.33 bits per heavy atom. The number of benzene rings is 1. The molecule has 0 spiro atoms. The Bertz CT molecular complexity index is 388. The zero-order valence-electron chi connectivity index (χ0n) is 8.17. The van der Waals surface area contributed by atoms with Crippen LogP contribution in [0.25, 0.3) is 6.08 Å². The van der Waals surface area contributed by atoms with Gasteiger partial charge in [0.25, 0.3) is 0 Å². The quantitative estimate of drug-likeness (QED) is 0.627. The highest BCUT2D eigenvalue weighted by Gasteiger charge is 1.99. The SMILES string of the molecule is CCOC(=O)/C=C/c1cc(Cl)ccc1Br. The van der Waals surface area contributed by atoms with Crippen molar-refractivity contribution in [1.29, 1.82) is 0 Å². The molecule has 0 atom stereocenters. The first-order valence-corrected chi connectivity index (χ1v) is 5.60. The topological polar surface area (TPSA) is 26.3 Å². The molecule has 0 aliphatic heterocycles. The number of ether oxygens (including phenoxy) is 1. The van der Waals surface area contributed by atoms with Crippen LogP contribution in [0.3, 0.4) is 0 Å². The van der Waals surface area contributed by atoms with E-state index in [-0.39, 0.29) is 5.97 Å². The second kappa shape index (κ2) is 5.93. The van der Waals surface area contributed by atoms with Crippen molar-refractivity contribution in [3.05, 3.63) is 39.3 Å². The predicted octanol–water partition coefficient (Wildman–Crippen LogP) is 3.68. The summed E-state index contributed by atoms with van der Waals surface area (Å²) in [5.41, 5.74) is 0.843. The molecule has 2 nitrogen and oxygen atoms in total. The Kier molecular flexibility index (Phi) is 4.85. The Balaban J connectivity index is 2.79. The summed E-state index contributed by atoms with van der Waals surface area (Å²) in [7, 11) is 0. The van der Waals surface area contributed by atoms with Crippen molar-refractivity contribution < 1.29 is 9.53 Å². The summed E-state index contributed by atoms with van der Waals surface area (Å²) in [5.74, 6) is -0.357. The first-order valence-electron chi connectivity index (χ1n) is 4.43. The van der Waals surface area contributed by atoms with Gasteiger partial charge in [-0.2, -0.15) is 0 Å². The third-order valence-corrected chi connectivity index (χ3v) is 2.60. The van der Waals surface area contributed by atoms with Crippen LogP contribution in [0.1, 0.15) is 12.5 Å². The maximum atomic E-state index is 11.1. The average Bonchev–Trinajstić information content (AvgIpc) is 2.20. The number of hydrogen-bond donors (Lipinski definition) is 0. The molecule has 0 saturated heterocycles. The summed E-state index contributed by atoms with van der Waals surface area (Å²) < 4.78 is 5.64. The van der Waals surface area contributed by atoms with Crippen LogP contribution < -0.4 is 0 Å². The zero-order valence-corrected chi connectivity index (χ0v) is 10.5. The van der Waals surface area contributed by atoms with Gasteiger partial charge in [-0.1, -0.05) is 27.5 Å². The van der Waals surface area contributed by atoms with Gasteiger partial charge in [-0.05, 0) is 36.8 Å². The lowest BCUT2D eigenvalue weighted by atomic mass is 10.2. The van der Waals surface area contributed by atoms with Crippen LogP contribution in [-0.2, 0) is 9.53 Å². The molecule has 0 aliphatic carbocycles. The van der Waals surface area contributed by atoms with Crippen LogP contribution in [0.4, 0.5) is 0 Å². The van der Waals surface area contributed by atoms with Gasteiger partial charge < -0.3 is 4.74 Å². The minimum Gasteiger partial charge on any atom is -0.463 e. The van der Waals surface area contributed by atoms with Crippen molar-refractivity contribution in [2.45, 2.75) is 6.92 Å². The molecule has 1 aromatic carbocycles. The largest absolute Gasteiger partial charge is 0.463 e. The third-order valence-electron chi connectivity index (χ3n) is 1.64. The van der Waals surface area contributed by atoms with Gasteiger partial charge in [-0.3, -0.25) is 0 Å². The van der Waals surface area contributed by atoms with E-state index in [4.69, 9.17) is 16.3 Å². The van der Waals surface area contributed by atoms with E-state index in [1.165, 1.54) is 6.08 Å². The van der Waals surface area contributed by atoms with Crippen molar-refractivity contribution in [1.82, 2.24) is 0 Å². The van der Waals surface area contributed by atoms with Gasteiger partial charge in [-0.15, -0.1) is 0 Å². The summed E-state index contributed by atoms with van der Waals surface area (Å²) in [4.78, 5) is 11.1. The number of halogens is 2. The molecule has 0 N–H and O–H groups in total. The van der Waals surface area contributed by atoms with Crippen molar-refractivity contribution in [2.24, 2.45) is 0 Å². The van der Waals surface area contributed by atoms with Crippen LogP contribution in [0.15, 0.2) is 28.7 Å². The predicted molar refractivity (Wildman–Crippen MR) is 64.8 cm³/mol. The number of esters is 1. The highest BCUT2D eigenvalue weighted by Crippen LogP contribution is 2.22. The molecule has 0 bridgehead atoms. The van der Waals surface area contributed by atoms with E-state index in [2.05, 4.69) is 15.9 Å². The average molecular weight is 290 g/mol. The van der Waals surface area contributed by atoms with Crippen molar-refractivity contribution in [2.75, 3.05) is 6.61 Å². The summed E-state index contributed by atoms with van der Waals surface area (Å²) >= 11 is 9.18. The van der Waals surface area contributed by atoms with Crippen LogP contribution in [0, 0.1) is 0 Å². The first-order chi connectivity index (χ1) is 7.13. The molecule has 15 heavy (non-hydrogen) atoms. The molecule has 0 aliphatic rings. The van der Waals surface area contributed by atoms with E-state index in [0.29, 0.717) is 11.6 Å². The fraction of sp³-hybridized carbons (Fsp3) is 0.182. The van der Waals surface area contributed by atoms with Crippen LogP contribution >= 0.6 is 27.5 Å². The molecule has 0 aromatic heterocycles. The number of hydrogen-bond acceptors (Lipinski definition) is 2. The lowest BCUT2D eigenvalue weighted by molar-refractivity contribution is -0.137. The minimum atomic E-state index is -0.357. The lowest BCUT2D eigenvalue weighted by Gasteiger charge is -1.99. The fourth-order valence-corrected chi connectivity index (χ4v) is 1.55. The van der Waals surface area contributed by atoms with Crippen molar-refractivity contribution >= 4 is 39.6 Å². The minimum absolute atomic E-state index is 0.357. The first kappa shape index (κ1) is 12.3. The van der Waals surface area contributed by atoms with E-state index in [0.717, 1.165) is 10.0 Å². The summed E-state index contributed by atoms with van der Waals surface area (Å²) in [6.45, 7) is 2.14. The summed E-state index contributed by atoms with van der Waals surface area (Å²) in [6, 6.07) is 5.36. The molecule has 1 aromatic rings. The van der Waals surface area contributed by atoms with Crippen LogP contribution in [0.2, 0.25) is 5.02 Å². The monoisotopic (exact) mass is 288 g/mol. The molecule has 80 valence electrons. The van der Waals surface area contributed by atoms with Gasteiger partial charge in [-0.25, -0.2) is 4.79 Å². The normalized spacial score (nSPS) is 10.6. The van der Waals surface area contributed by atoms with Gasteiger partial charge in [0, 0.05) is 15.6 Å². The number of carbonyl (C=O) groups excluding carboxylic acids is 1. The van der Waals surface area contributed by atoms with E-state index in [1.54, 1.807) is 25.1 Å². The van der Waals surface area contributed by atoms with E-state index >= 15 is 0 Å². The van der Waals surface area contributed by atoms with Crippen molar-refractivity contribution in [3.63, 3.8) is 0 Å².